The van der Waals surface area contributed by atoms with Crippen LogP contribution in [0.25, 0.3) is 11.5 Å². The Labute approximate surface area is 173 Å². The second-order valence-electron chi connectivity index (χ2n) is 5.87. The first-order valence-corrected chi connectivity index (χ1v) is 9.55. The van der Waals surface area contributed by atoms with Crippen molar-refractivity contribution in [2.75, 3.05) is 12.4 Å². The minimum absolute atomic E-state index is 0.255. The van der Waals surface area contributed by atoms with Crippen LogP contribution in [0.5, 0.6) is 0 Å². The van der Waals surface area contributed by atoms with Gasteiger partial charge in [0.05, 0.1) is 16.9 Å². The fourth-order valence-corrected chi connectivity index (χ4v) is 3.61. The average Bonchev–Trinajstić information content (AvgIpc) is 3.44. The number of carbonyl (C=O) groups is 1. The van der Waals surface area contributed by atoms with Crippen LogP contribution >= 0.6 is 22.9 Å². The summed E-state index contributed by atoms with van der Waals surface area (Å²) in [6.07, 6.45) is 4.89. The molecule has 3 heterocycles. The number of rotatable bonds is 6. The fraction of sp³-hybridized carbons (Fsp3) is 0.111. The first kappa shape index (κ1) is 19.2. The van der Waals surface area contributed by atoms with E-state index in [0.717, 1.165) is 0 Å². The van der Waals surface area contributed by atoms with E-state index in [2.05, 4.69) is 20.6 Å². The van der Waals surface area contributed by atoms with Crippen LogP contribution in [0.3, 0.4) is 0 Å². The summed E-state index contributed by atoms with van der Waals surface area (Å²) in [6, 6.07) is 7.55. The lowest BCUT2D eigenvalue weighted by atomic mass is 10.2. The van der Waals surface area contributed by atoms with Crippen molar-refractivity contribution in [3.05, 3.63) is 70.3 Å². The highest BCUT2D eigenvalue weighted by molar-refractivity contribution is 7.15. The van der Waals surface area contributed by atoms with E-state index >= 15 is 0 Å². The van der Waals surface area contributed by atoms with Crippen molar-refractivity contribution in [1.29, 1.82) is 0 Å². The molecular weight excluding hydrogens is 419 g/mol. The average molecular weight is 433 g/mol. The Balaban J connectivity index is 1.74. The summed E-state index contributed by atoms with van der Waals surface area (Å²) in [5, 5.41) is 16.1. The van der Waals surface area contributed by atoms with Gasteiger partial charge in [-0.2, -0.15) is 5.10 Å². The number of hydrogen-bond acceptors (Lipinski definition) is 6. The maximum absolute atomic E-state index is 13.8. The van der Waals surface area contributed by atoms with Crippen LogP contribution in [0, 0.1) is 5.82 Å². The zero-order valence-electron chi connectivity index (χ0n) is 15.0. The van der Waals surface area contributed by atoms with Crippen LogP contribution in [-0.2, 0) is 11.3 Å². The Morgan fingerprint density at radius 2 is 2.10 bits per heavy atom. The van der Waals surface area contributed by atoms with Crippen LogP contribution in [0.2, 0.25) is 5.02 Å². The Morgan fingerprint density at radius 3 is 2.86 bits per heavy atom. The molecule has 0 saturated heterocycles. The number of benzene rings is 1. The highest BCUT2D eigenvalue weighted by Crippen LogP contribution is 2.27. The fourth-order valence-electron chi connectivity index (χ4n) is 2.70. The molecule has 1 amide bonds. The third-order valence-electron chi connectivity index (χ3n) is 3.93. The molecule has 4 aromatic rings. The van der Waals surface area contributed by atoms with Crippen LogP contribution in [-0.4, -0.2) is 37.6 Å². The monoisotopic (exact) mass is 432 g/mol. The van der Waals surface area contributed by atoms with E-state index in [-0.39, 0.29) is 5.56 Å². The van der Waals surface area contributed by atoms with E-state index in [1.54, 1.807) is 36.2 Å². The zero-order valence-corrected chi connectivity index (χ0v) is 16.6. The third-order valence-corrected chi connectivity index (χ3v) is 5.06. The normalized spacial score (nSPS) is 11.0. The van der Waals surface area contributed by atoms with Gasteiger partial charge in [-0.3, -0.25) is 10.1 Å². The molecule has 0 unspecified atom stereocenters. The minimum atomic E-state index is -0.469. The molecule has 11 heteroatoms. The molecule has 0 spiro atoms. The van der Waals surface area contributed by atoms with E-state index in [1.165, 1.54) is 40.4 Å². The van der Waals surface area contributed by atoms with Gasteiger partial charge in [-0.15, -0.1) is 10.2 Å². The largest absolute Gasteiger partial charge is 0.377 e. The van der Waals surface area contributed by atoms with Gasteiger partial charge in [0.25, 0.3) is 5.91 Å². The van der Waals surface area contributed by atoms with Gasteiger partial charge in [0.15, 0.2) is 5.82 Å². The molecule has 0 bridgehead atoms. The lowest BCUT2D eigenvalue weighted by molar-refractivity contribution is 0.102. The van der Waals surface area contributed by atoms with Crippen molar-refractivity contribution >= 4 is 34.0 Å². The highest BCUT2D eigenvalue weighted by Gasteiger charge is 2.22. The number of ether oxygens (including phenoxy) is 1. The van der Waals surface area contributed by atoms with Crippen molar-refractivity contribution in [2.24, 2.45) is 0 Å². The number of nitrogens with zero attached hydrogens (tertiary/aromatic N) is 5. The molecule has 1 N–H and O–H groups in total. The topological polar surface area (TPSA) is 86.9 Å². The van der Waals surface area contributed by atoms with Crippen molar-refractivity contribution < 1.29 is 13.9 Å². The number of anilines is 1. The maximum atomic E-state index is 13.8. The van der Waals surface area contributed by atoms with Crippen LogP contribution in [0.15, 0.2) is 48.9 Å². The summed E-state index contributed by atoms with van der Waals surface area (Å²) in [6.45, 7) is 0.304. The maximum Gasteiger partial charge on any atom is 0.262 e. The molecule has 0 saturated carbocycles. The Morgan fingerprint density at radius 1 is 1.31 bits per heavy atom. The number of aromatic nitrogens is 5. The Hall–Kier alpha value is -3.08. The predicted molar refractivity (Wildman–Crippen MR) is 106 cm³/mol. The van der Waals surface area contributed by atoms with E-state index in [1.807, 2.05) is 0 Å². The van der Waals surface area contributed by atoms with Crippen LogP contribution in [0.1, 0.15) is 15.4 Å². The molecule has 0 aliphatic carbocycles. The molecular formula is C18H14ClFN6O2S. The number of halogens is 2. The molecule has 0 aliphatic rings. The van der Waals surface area contributed by atoms with Gasteiger partial charge < -0.3 is 9.30 Å². The first-order chi connectivity index (χ1) is 14.1. The summed E-state index contributed by atoms with van der Waals surface area (Å²) in [5.41, 5.74) is 0.567. The van der Waals surface area contributed by atoms with Crippen molar-refractivity contribution in [2.45, 2.75) is 6.61 Å². The molecule has 29 heavy (non-hydrogen) atoms. The highest BCUT2D eigenvalue weighted by atomic mass is 35.5. The molecule has 1 aromatic carbocycles. The first-order valence-electron chi connectivity index (χ1n) is 8.36. The third kappa shape index (κ3) is 3.90. The van der Waals surface area contributed by atoms with Gasteiger partial charge in [-0.25, -0.2) is 9.07 Å². The van der Waals surface area contributed by atoms with E-state index in [4.69, 9.17) is 16.3 Å². The van der Waals surface area contributed by atoms with Gasteiger partial charge in [0.1, 0.15) is 23.0 Å². The molecule has 4 rings (SSSR count). The number of carbonyl (C=O) groups excluding carboxylic acids is 1. The molecule has 3 aromatic heterocycles. The summed E-state index contributed by atoms with van der Waals surface area (Å²) in [4.78, 5) is 12.9. The SMILES string of the molecule is COCc1nnc(NC(=O)c2cnn(-c3cc(F)ccc3Cl)c2-n2cccc2)s1. The number of hydrogen-bond donors (Lipinski definition) is 1. The van der Waals surface area contributed by atoms with Gasteiger partial charge in [0.2, 0.25) is 5.13 Å². The van der Waals surface area contributed by atoms with E-state index in [0.29, 0.717) is 33.3 Å². The second-order valence-corrected chi connectivity index (χ2v) is 7.34. The second kappa shape index (κ2) is 8.11. The minimum Gasteiger partial charge on any atom is -0.377 e. The molecule has 148 valence electrons. The zero-order chi connectivity index (χ0) is 20.4. The number of methoxy groups -OCH3 is 1. The van der Waals surface area contributed by atoms with Gasteiger partial charge in [-0.05, 0) is 24.3 Å². The van der Waals surface area contributed by atoms with Gasteiger partial charge in [-0.1, -0.05) is 22.9 Å². The summed E-state index contributed by atoms with van der Waals surface area (Å²) < 4.78 is 21.9. The lowest BCUT2D eigenvalue weighted by Gasteiger charge is -2.12. The summed E-state index contributed by atoms with van der Waals surface area (Å²) in [7, 11) is 1.55. The Bertz CT molecular complexity index is 1160. The summed E-state index contributed by atoms with van der Waals surface area (Å²) >= 11 is 7.46. The van der Waals surface area contributed by atoms with Gasteiger partial charge >= 0.3 is 0 Å². The molecule has 0 fully saturated rings. The smallest absolute Gasteiger partial charge is 0.262 e. The quantitative estimate of drug-likeness (QED) is 0.502. The standard InChI is InChI=1S/C18H14ClFN6O2S/c1-28-10-15-23-24-18(29-15)22-16(27)12-9-21-26(17(12)25-6-2-3-7-25)14-8-11(20)4-5-13(14)19/h2-9H,10H2,1H3,(H,22,24,27). The molecule has 0 atom stereocenters. The van der Waals surface area contributed by atoms with Crippen molar-refractivity contribution in [3.8, 4) is 11.5 Å². The number of amides is 1. The van der Waals surface area contributed by atoms with Crippen LogP contribution in [0.4, 0.5) is 9.52 Å². The number of nitrogens with one attached hydrogen (secondary N) is 1. The van der Waals surface area contributed by atoms with Crippen LogP contribution < -0.4 is 5.32 Å². The van der Waals surface area contributed by atoms with E-state index in [9.17, 15) is 9.18 Å². The van der Waals surface area contributed by atoms with E-state index < -0.39 is 11.7 Å². The predicted octanol–water partition coefficient (Wildman–Crippen LogP) is 3.71. The lowest BCUT2D eigenvalue weighted by Crippen LogP contribution is -2.15. The molecule has 0 radical (unpaired) electrons. The van der Waals surface area contributed by atoms with Crippen molar-refractivity contribution in [3.63, 3.8) is 0 Å². The van der Waals surface area contributed by atoms with Crippen molar-refractivity contribution in [1.82, 2.24) is 24.5 Å². The molecule has 0 aliphatic heterocycles. The van der Waals surface area contributed by atoms with Gasteiger partial charge in [0, 0.05) is 25.6 Å². The summed E-state index contributed by atoms with van der Waals surface area (Å²) in [5.74, 6) is -0.502. The molecule has 8 nitrogen and oxygen atoms in total. The Kier molecular flexibility index (Phi) is 5.38.